The van der Waals surface area contributed by atoms with E-state index >= 15 is 0 Å². The van der Waals surface area contributed by atoms with E-state index in [2.05, 4.69) is 102 Å². The summed E-state index contributed by atoms with van der Waals surface area (Å²) in [6, 6.07) is 39.7. The van der Waals surface area contributed by atoms with Gasteiger partial charge in [-0.3, -0.25) is 9.47 Å². The Bertz CT molecular complexity index is 1640. The zero-order chi connectivity index (χ0) is 30.0. The van der Waals surface area contributed by atoms with Crippen LogP contribution in [0.2, 0.25) is 0 Å². The first-order chi connectivity index (χ1) is 20.8. The lowest BCUT2D eigenvalue weighted by molar-refractivity contribution is 0.0544. The minimum Gasteiger partial charge on any atom is -0.443 e. The van der Waals surface area contributed by atoms with Crippen molar-refractivity contribution in [3.05, 3.63) is 149 Å². The molecule has 218 valence electrons. The zero-order valence-corrected chi connectivity index (χ0v) is 25.0. The van der Waals surface area contributed by atoms with Gasteiger partial charge in [0.05, 0.1) is 17.2 Å². The molecule has 4 aromatic carbocycles. The molecule has 0 saturated carbocycles. The molecule has 5 aromatic rings. The van der Waals surface area contributed by atoms with Crippen LogP contribution in [0.3, 0.4) is 0 Å². The molecule has 2 heterocycles. The van der Waals surface area contributed by atoms with E-state index in [1.54, 1.807) is 4.57 Å². The number of aromatic nitrogens is 1. The van der Waals surface area contributed by atoms with Crippen LogP contribution in [0, 0.1) is 0 Å². The van der Waals surface area contributed by atoms with Crippen LogP contribution >= 0.6 is 0 Å². The standard InChI is InChI=1S/C38H38N2O3/c1-37(2,3)43-36(42)40-27-28(33-21-13-14-22-34(33)40)25-29-26-39(24-23-35(29)41)38(30-15-7-4-8-16-30,31-17-9-5-10-18-31)32-19-11-6-12-20-32/h4-22,25,27,35,41H,23-24,26H2,1-3H3/b29-25+. The number of hydrogen-bond acceptors (Lipinski definition) is 4. The van der Waals surface area contributed by atoms with E-state index in [1.165, 1.54) is 16.7 Å². The molecule has 1 aliphatic rings. The molecule has 0 radical (unpaired) electrons. The molecular weight excluding hydrogens is 532 g/mol. The molecule has 1 unspecified atom stereocenters. The second kappa shape index (κ2) is 11.7. The van der Waals surface area contributed by atoms with E-state index < -0.39 is 23.3 Å². The highest BCUT2D eigenvalue weighted by atomic mass is 16.6. The first-order valence-electron chi connectivity index (χ1n) is 14.9. The Morgan fingerprint density at radius 2 is 1.30 bits per heavy atom. The van der Waals surface area contributed by atoms with Crippen molar-refractivity contribution in [3.63, 3.8) is 0 Å². The fourth-order valence-corrected chi connectivity index (χ4v) is 6.37. The van der Waals surface area contributed by atoms with Gasteiger partial charge in [0, 0.05) is 30.2 Å². The third kappa shape index (κ3) is 5.54. The van der Waals surface area contributed by atoms with Crippen molar-refractivity contribution >= 4 is 23.1 Å². The smallest absolute Gasteiger partial charge is 0.419 e. The highest BCUT2D eigenvalue weighted by Gasteiger charge is 2.44. The molecule has 0 aliphatic carbocycles. The Kier molecular flexibility index (Phi) is 7.78. The largest absolute Gasteiger partial charge is 0.443 e. The van der Waals surface area contributed by atoms with Gasteiger partial charge in [-0.2, -0.15) is 0 Å². The van der Waals surface area contributed by atoms with E-state index in [0.717, 1.165) is 22.0 Å². The Balaban J connectivity index is 1.49. The molecule has 1 aromatic heterocycles. The highest BCUT2D eigenvalue weighted by molar-refractivity contribution is 5.96. The summed E-state index contributed by atoms with van der Waals surface area (Å²) < 4.78 is 7.28. The predicted molar refractivity (Wildman–Crippen MR) is 173 cm³/mol. The third-order valence-corrected chi connectivity index (χ3v) is 8.20. The Hall–Kier alpha value is -4.45. The lowest BCUT2D eigenvalue weighted by atomic mass is 9.74. The van der Waals surface area contributed by atoms with Crippen molar-refractivity contribution < 1.29 is 14.6 Å². The quantitative estimate of drug-likeness (QED) is 0.219. The molecule has 1 fully saturated rings. The predicted octanol–water partition coefficient (Wildman–Crippen LogP) is 7.87. The molecule has 1 atom stereocenters. The van der Waals surface area contributed by atoms with Crippen LogP contribution in [0.25, 0.3) is 17.0 Å². The number of piperidine rings is 1. The van der Waals surface area contributed by atoms with Gasteiger partial charge in [0.1, 0.15) is 5.60 Å². The normalized spacial score (nSPS) is 17.3. The maximum atomic E-state index is 13.2. The summed E-state index contributed by atoms with van der Waals surface area (Å²) in [5, 5.41) is 12.3. The monoisotopic (exact) mass is 570 g/mol. The Morgan fingerprint density at radius 3 is 1.84 bits per heavy atom. The van der Waals surface area contributed by atoms with Gasteiger partial charge in [0.15, 0.2) is 0 Å². The number of benzene rings is 4. The number of para-hydroxylation sites is 1. The van der Waals surface area contributed by atoms with Crippen molar-refractivity contribution in [3.8, 4) is 0 Å². The molecule has 1 N–H and O–H groups in total. The molecule has 5 nitrogen and oxygen atoms in total. The van der Waals surface area contributed by atoms with E-state index in [0.29, 0.717) is 19.5 Å². The average Bonchev–Trinajstić information content (AvgIpc) is 3.38. The molecule has 0 amide bonds. The lowest BCUT2D eigenvalue weighted by Gasteiger charge is -2.48. The maximum Gasteiger partial charge on any atom is 0.419 e. The van der Waals surface area contributed by atoms with Crippen LogP contribution in [0.15, 0.2) is 127 Å². The topological polar surface area (TPSA) is 54.7 Å². The minimum atomic E-state index is -0.614. The van der Waals surface area contributed by atoms with E-state index in [4.69, 9.17) is 4.74 Å². The summed E-state index contributed by atoms with van der Waals surface area (Å²) >= 11 is 0. The number of aliphatic hydroxyl groups excluding tert-OH is 1. The van der Waals surface area contributed by atoms with Gasteiger partial charge in [0.2, 0.25) is 0 Å². The Labute approximate surface area is 253 Å². The maximum absolute atomic E-state index is 13.2. The van der Waals surface area contributed by atoms with E-state index in [1.807, 2.05) is 51.2 Å². The molecule has 1 aliphatic heterocycles. The Morgan fingerprint density at radius 1 is 0.791 bits per heavy atom. The van der Waals surface area contributed by atoms with Crippen LogP contribution in [-0.2, 0) is 10.3 Å². The van der Waals surface area contributed by atoms with E-state index in [9.17, 15) is 9.90 Å². The second-order valence-corrected chi connectivity index (χ2v) is 12.2. The summed E-state index contributed by atoms with van der Waals surface area (Å²) in [7, 11) is 0. The summed E-state index contributed by atoms with van der Waals surface area (Å²) in [5.41, 5.74) is 4.88. The van der Waals surface area contributed by atoms with Crippen molar-refractivity contribution in [1.82, 2.24) is 9.47 Å². The molecule has 1 saturated heterocycles. The highest BCUT2D eigenvalue weighted by Crippen LogP contribution is 2.44. The van der Waals surface area contributed by atoms with Crippen molar-refractivity contribution in [2.75, 3.05) is 13.1 Å². The second-order valence-electron chi connectivity index (χ2n) is 12.2. The SMILES string of the molecule is CC(C)(C)OC(=O)n1cc(/C=C2\CN(C(c3ccccc3)(c3ccccc3)c3ccccc3)CCC2O)c2ccccc21. The minimum absolute atomic E-state index is 0.421. The van der Waals surface area contributed by atoms with Crippen LogP contribution in [0.1, 0.15) is 49.4 Å². The molecule has 0 bridgehead atoms. The molecule has 43 heavy (non-hydrogen) atoms. The van der Waals surface area contributed by atoms with Gasteiger partial charge in [0.25, 0.3) is 0 Å². The van der Waals surface area contributed by atoms with Crippen molar-refractivity contribution in [1.29, 1.82) is 0 Å². The number of fused-ring (bicyclic) bond motifs is 1. The van der Waals surface area contributed by atoms with Gasteiger partial charge in [-0.1, -0.05) is 109 Å². The summed E-state index contributed by atoms with van der Waals surface area (Å²) in [6.07, 6.45) is 3.46. The van der Waals surface area contributed by atoms with Gasteiger partial charge in [-0.25, -0.2) is 4.79 Å². The number of ether oxygens (including phenoxy) is 1. The summed E-state index contributed by atoms with van der Waals surface area (Å²) in [4.78, 5) is 15.6. The number of likely N-dealkylation sites (tertiary alicyclic amines) is 1. The molecule has 5 heteroatoms. The van der Waals surface area contributed by atoms with Crippen LogP contribution in [0.5, 0.6) is 0 Å². The third-order valence-electron chi connectivity index (χ3n) is 8.20. The fraction of sp³-hybridized carbons (Fsp3) is 0.237. The summed E-state index contributed by atoms with van der Waals surface area (Å²) in [6.45, 7) is 6.85. The van der Waals surface area contributed by atoms with Crippen LogP contribution in [-0.4, -0.2) is 45.5 Å². The average molecular weight is 571 g/mol. The number of carbonyl (C=O) groups excluding carboxylic acids is 1. The van der Waals surface area contributed by atoms with Gasteiger partial charge < -0.3 is 9.84 Å². The number of carbonyl (C=O) groups is 1. The number of nitrogens with zero attached hydrogens (tertiary/aromatic N) is 2. The van der Waals surface area contributed by atoms with Gasteiger partial charge in [-0.15, -0.1) is 0 Å². The number of rotatable bonds is 5. The van der Waals surface area contributed by atoms with Crippen molar-refractivity contribution in [2.24, 2.45) is 0 Å². The number of hydrogen-bond donors (Lipinski definition) is 1. The molecule has 0 spiro atoms. The lowest BCUT2D eigenvalue weighted by Crippen LogP contribution is -2.52. The van der Waals surface area contributed by atoms with Gasteiger partial charge >= 0.3 is 6.09 Å². The summed E-state index contributed by atoms with van der Waals surface area (Å²) in [5.74, 6) is 0. The fourth-order valence-electron chi connectivity index (χ4n) is 6.37. The van der Waals surface area contributed by atoms with E-state index in [-0.39, 0.29) is 0 Å². The molecular formula is C38H38N2O3. The van der Waals surface area contributed by atoms with Crippen LogP contribution in [0.4, 0.5) is 4.79 Å². The number of aliphatic hydroxyl groups is 1. The first kappa shape index (κ1) is 28.7. The van der Waals surface area contributed by atoms with Gasteiger partial charge in [-0.05, 0) is 61.6 Å². The van der Waals surface area contributed by atoms with Crippen molar-refractivity contribution in [2.45, 2.75) is 44.4 Å². The molecule has 6 rings (SSSR count). The zero-order valence-electron chi connectivity index (χ0n) is 25.0. The first-order valence-corrected chi connectivity index (χ1v) is 14.9. The van der Waals surface area contributed by atoms with Crippen LogP contribution < -0.4 is 0 Å².